The van der Waals surface area contributed by atoms with E-state index in [4.69, 9.17) is 5.73 Å². The second-order valence-corrected chi connectivity index (χ2v) is 4.73. The molecule has 98 valence electrons. The van der Waals surface area contributed by atoms with Crippen LogP contribution in [0.25, 0.3) is 0 Å². The van der Waals surface area contributed by atoms with Gasteiger partial charge in [0, 0.05) is 19.3 Å². The predicted molar refractivity (Wildman–Crippen MR) is 65.9 cm³/mol. The van der Waals surface area contributed by atoms with Gasteiger partial charge in [-0.15, -0.1) is 0 Å². The monoisotopic (exact) mass is 250 g/mol. The number of carbonyl (C=O) groups excluding carboxylic acids is 2. The van der Waals surface area contributed by atoms with E-state index in [-0.39, 0.29) is 5.91 Å². The Bertz CT molecular complexity index is 506. The van der Waals surface area contributed by atoms with Crippen LogP contribution in [0.15, 0.2) is 0 Å². The van der Waals surface area contributed by atoms with Crippen LogP contribution in [-0.4, -0.2) is 39.1 Å². The van der Waals surface area contributed by atoms with Crippen LogP contribution in [-0.2, 0) is 11.8 Å². The summed E-state index contributed by atoms with van der Waals surface area (Å²) in [7, 11) is 1.80. The fraction of sp³-hybridized carbons (Fsp3) is 0.583. The van der Waals surface area contributed by atoms with Crippen molar-refractivity contribution in [1.29, 1.82) is 0 Å². The van der Waals surface area contributed by atoms with Crippen molar-refractivity contribution in [2.75, 3.05) is 6.54 Å². The number of amides is 2. The molecule has 0 aromatic carbocycles. The van der Waals surface area contributed by atoms with E-state index in [1.165, 1.54) is 0 Å². The SMILES string of the molecule is Cc1nn(C)c(C)c1C(=O)N1CCCC1C(N)=O. The molecule has 0 saturated carbocycles. The summed E-state index contributed by atoms with van der Waals surface area (Å²) in [6, 6.07) is -0.475. The summed E-state index contributed by atoms with van der Waals surface area (Å²) in [6.45, 7) is 4.23. The minimum Gasteiger partial charge on any atom is -0.368 e. The second kappa shape index (κ2) is 4.44. The van der Waals surface area contributed by atoms with Crippen molar-refractivity contribution in [3.8, 4) is 0 Å². The van der Waals surface area contributed by atoms with Gasteiger partial charge in [0.05, 0.1) is 11.3 Å². The van der Waals surface area contributed by atoms with Crippen molar-refractivity contribution in [3.05, 3.63) is 17.0 Å². The maximum absolute atomic E-state index is 12.5. The van der Waals surface area contributed by atoms with Gasteiger partial charge in [-0.05, 0) is 26.7 Å². The van der Waals surface area contributed by atoms with Gasteiger partial charge < -0.3 is 10.6 Å². The third kappa shape index (κ3) is 1.87. The third-order valence-electron chi connectivity index (χ3n) is 3.56. The van der Waals surface area contributed by atoms with Crippen molar-refractivity contribution < 1.29 is 9.59 Å². The number of nitrogens with zero attached hydrogens (tertiary/aromatic N) is 3. The van der Waals surface area contributed by atoms with Crippen LogP contribution in [0.3, 0.4) is 0 Å². The van der Waals surface area contributed by atoms with E-state index in [1.807, 2.05) is 6.92 Å². The summed E-state index contributed by atoms with van der Waals surface area (Å²) in [5, 5.41) is 4.23. The number of aromatic nitrogens is 2. The van der Waals surface area contributed by atoms with E-state index in [2.05, 4.69) is 5.10 Å². The molecule has 0 spiro atoms. The Balaban J connectivity index is 2.34. The van der Waals surface area contributed by atoms with E-state index in [0.717, 1.165) is 12.1 Å². The largest absolute Gasteiger partial charge is 0.368 e. The predicted octanol–water partition coefficient (Wildman–Crippen LogP) is 0.127. The first-order chi connectivity index (χ1) is 8.43. The molecule has 1 unspecified atom stereocenters. The molecule has 1 atom stereocenters. The van der Waals surface area contributed by atoms with Gasteiger partial charge in [0.25, 0.3) is 5.91 Å². The highest BCUT2D eigenvalue weighted by Crippen LogP contribution is 2.22. The Morgan fingerprint density at radius 2 is 2.06 bits per heavy atom. The molecule has 0 bridgehead atoms. The van der Waals surface area contributed by atoms with Gasteiger partial charge >= 0.3 is 0 Å². The number of nitrogens with two attached hydrogens (primary N) is 1. The van der Waals surface area contributed by atoms with Crippen molar-refractivity contribution in [3.63, 3.8) is 0 Å². The van der Waals surface area contributed by atoms with E-state index >= 15 is 0 Å². The lowest BCUT2D eigenvalue weighted by molar-refractivity contribution is -0.121. The number of likely N-dealkylation sites (tertiary alicyclic amines) is 1. The van der Waals surface area contributed by atoms with Gasteiger partial charge in [-0.1, -0.05) is 0 Å². The Morgan fingerprint density at radius 1 is 1.39 bits per heavy atom. The maximum Gasteiger partial charge on any atom is 0.258 e. The third-order valence-corrected chi connectivity index (χ3v) is 3.56. The molecule has 2 rings (SSSR count). The fourth-order valence-electron chi connectivity index (χ4n) is 2.53. The molecule has 2 amide bonds. The number of primary amides is 1. The van der Waals surface area contributed by atoms with Gasteiger partial charge in [-0.25, -0.2) is 0 Å². The number of rotatable bonds is 2. The highest BCUT2D eigenvalue weighted by atomic mass is 16.2. The number of aryl methyl sites for hydroxylation is 2. The molecule has 1 fully saturated rings. The van der Waals surface area contributed by atoms with Crippen LogP contribution < -0.4 is 5.73 Å². The zero-order valence-electron chi connectivity index (χ0n) is 10.9. The quantitative estimate of drug-likeness (QED) is 0.809. The molecule has 6 heteroatoms. The molecule has 1 aliphatic heterocycles. The Hall–Kier alpha value is -1.85. The zero-order valence-corrected chi connectivity index (χ0v) is 10.9. The molecule has 1 saturated heterocycles. The van der Waals surface area contributed by atoms with E-state index in [0.29, 0.717) is 24.2 Å². The van der Waals surface area contributed by atoms with E-state index in [9.17, 15) is 9.59 Å². The molecule has 18 heavy (non-hydrogen) atoms. The van der Waals surface area contributed by atoms with Gasteiger partial charge in [0.2, 0.25) is 5.91 Å². The number of carbonyl (C=O) groups is 2. The highest BCUT2D eigenvalue weighted by molar-refractivity contribution is 5.99. The summed E-state index contributed by atoms with van der Waals surface area (Å²) >= 11 is 0. The molecular formula is C12H18N4O2. The van der Waals surface area contributed by atoms with Gasteiger partial charge in [-0.2, -0.15) is 5.10 Å². The van der Waals surface area contributed by atoms with Crippen LogP contribution in [0.4, 0.5) is 0 Å². The molecule has 1 aliphatic rings. The Labute approximate surface area is 106 Å². The van der Waals surface area contributed by atoms with Crippen LogP contribution in [0.1, 0.15) is 34.6 Å². The lowest BCUT2D eigenvalue weighted by atomic mass is 10.1. The smallest absolute Gasteiger partial charge is 0.258 e. The molecule has 1 aromatic rings. The summed E-state index contributed by atoms with van der Waals surface area (Å²) in [6.07, 6.45) is 1.47. The number of hydrogen-bond donors (Lipinski definition) is 1. The van der Waals surface area contributed by atoms with E-state index < -0.39 is 11.9 Å². The standard InChI is InChI=1S/C12H18N4O2/c1-7-10(8(2)15(3)14-7)12(18)16-6-4-5-9(16)11(13)17/h9H,4-6H2,1-3H3,(H2,13,17). The molecular weight excluding hydrogens is 232 g/mol. The Morgan fingerprint density at radius 3 is 2.56 bits per heavy atom. The molecule has 2 N–H and O–H groups in total. The lowest BCUT2D eigenvalue weighted by Crippen LogP contribution is -2.44. The first-order valence-electron chi connectivity index (χ1n) is 6.04. The first kappa shape index (κ1) is 12.6. The van der Waals surface area contributed by atoms with Crippen LogP contribution >= 0.6 is 0 Å². The summed E-state index contributed by atoms with van der Waals surface area (Å²) in [5.74, 6) is -0.570. The molecule has 2 heterocycles. The topological polar surface area (TPSA) is 81.2 Å². The minimum atomic E-state index is -0.475. The average molecular weight is 250 g/mol. The van der Waals surface area contributed by atoms with Gasteiger partial charge in [0.1, 0.15) is 6.04 Å². The van der Waals surface area contributed by atoms with Gasteiger partial charge in [0.15, 0.2) is 0 Å². The first-order valence-corrected chi connectivity index (χ1v) is 6.04. The molecule has 0 aliphatic carbocycles. The number of hydrogen-bond acceptors (Lipinski definition) is 3. The van der Waals surface area contributed by atoms with Crippen LogP contribution in [0.5, 0.6) is 0 Å². The Kier molecular flexibility index (Phi) is 3.11. The average Bonchev–Trinajstić information content (AvgIpc) is 2.85. The fourth-order valence-corrected chi connectivity index (χ4v) is 2.53. The zero-order chi connectivity index (χ0) is 13.4. The minimum absolute atomic E-state index is 0.139. The molecule has 1 aromatic heterocycles. The lowest BCUT2D eigenvalue weighted by Gasteiger charge is -2.22. The van der Waals surface area contributed by atoms with Crippen molar-refractivity contribution >= 4 is 11.8 Å². The van der Waals surface area contributed by atoms with Gasteiger partial charge in [-0.3, -0.25) is 14.3 Å². The molecule has 0 radical (unpaired) electrons. The summed E-state index contributed by atoms with van der Waals surface area (Å²) in [5.41, 5.74) is 7.42. The normalized spacial score (nSPS) is 19.3. The summed E-state index contributed by atoms with van der Waals surface area (Å²) < 4.78 is 1.68. The second-order valence-electron chi connectivity index (χ2n) is 4.73. The highest BCUT2D eigenvalue weighted by Gasteiger charge is 2.35. The van der Waals surface area contributed by atoms with Crippen LogP contribution in [0, 0.1) is 13.8 Å². The van der Waals surface area contributed by atoms with Crippen molar-refractivity contribution in [2.45, 2.75) is 32.7 Å². The van der Waals surface area contributed by atoms with Crippen molar-refractivity contribution in [1.82, 2.24) is 14.7 Å². The maximum atomic E-state index is 12.5. The summed E-state index contributed by atoms with van der Waals surface area (Å²) in [4.78, 5) is 25.4. The van der Waals surface area contributed by atoms with Crippen molar-refractivity contribution in [2.24, 2.45) is 12.8 Å². The molecule has 6 nitrogen and oxygen atoms in total. The van der Waals surface area contributed by atoms with E-state index in [1.54, 1.807) is 23.6 Å². The van der Waals surface area contributed by atoms with Crippen LogP contribution in [0.2, 0.25) is 0 Å².